The van der Waals surface area contributed by atoms with Gasteiger partial charge in [-0.15, -0.1) is 0 Å². The van der Waals surface area contributed by atoms with Gasteiger partial charge in [0.15, 0.2) is 0 Å². The third kappa shape index (κ3) is 4.63. The van der Waals surface area contributed by atoms with Gasteiger partial charge in [0.1, 0.15) is 0 Å². The molecule has 0 aromatic heterocycles. The van der Waals surface area contributed by atoms with E-state index in [4.69, 9.17) is 0 Å². The molecule has 2 aromatic carbocycles. The van der Waals surface area contributed by atoms with Gasteiger partial charge >= 0.3 is 0 Å². The summed E-state index contributed by atoms with van der Waals surface area (Å²) in [5.74, 6) is 0.0625. The van der Waals surface area contributed by atoms with Crippen LogP contribution in [0.2, 0.25) is 0 Å². The quantitative estimate of drug-likeness (QED) is 0.828. The summed E-state index contributed by atoms with van der Waals surface area (Å²) in [7, 11) is 0. The van der Waals surface area contributed by atoms with Crippen LogP contribution in [0.25, 0.3) is 0 Å². The molecule has 3 heteroatoms. The summed E-state index contributed by atoms with van der Waals surface area (Å²) in [6, 6.07) is 14.2. The Bertz CT molecular complexity index is 597. The molecule has 2 rings (SSSR count). The van der Waals surface area contributed by atoms with Crippen molar-refractivity contribution in [1.82, 2.24) is 0 Å². The van der Waals surface area contributed by atoms with Gasteiger partial charge in [0, 0.05) is 23.5 Å². The highest BCUT2D eigenvalue weighted by molar-refractivity contribution is 5.90. The molecule has 0 bridgehead atoms. The van der Waals surface area contributed by atoms with Gasteiger partial charge in [-0.25, -0.2) is 0 Å². The number of carbonyl (C=O) groups is 1. The molecule has 2 aromatic rings. The van der Waals surface area contributed by atoms with Crippen LogP contribution in [0.4, 0.5) is 17.1 Å². The fraction of sp³-hybridized carbons (Fsp3) is 0.278. The van der Waals surface area contributed by atoms with E-state index >= 15 is 0 Å². The molecule has 0 unspecified atom stereocenters. The number of anilines is 3. The SMILES string of the molecule is CCCC(=O)Nc1ccc(Nc2cc(C)cc(C)c2)cc1. The van der Waals surface area contributed by atoms with E-state index in [2.05, 4.69) is 42.7 Å². The van der Waals surface area contributed by atoms with E-state index in [0.29, 0.717) is 6.42 Å². The van der Waals surface area contributed by atoms with Crippen LogP contribution in [0.15, 0.2) is 42.5 Å². The van der Waals surface area contributed by atoms with Crippen LogP contribution in [0.5, 0.6) is 0 Å². The summed E-state index contributed by atoms with van der Waals surface area (Å²) < 4.78 is 0. The smallest absolute Gasteiger partial charge is 0.224 e. The van der Waals surface area contributed by atoms with Gasteiger partial charge in [0.25, 0.3) is 0 Å². The summed E-state index contributed by atoms with van der Waals surface area (Å²) >= 11 is 0. The molecule has 0 aliphatic rings. The van der Waals surface area contributed by atoms with Crippen LogP contribution in [0.1, 0.15) is 30.9 Å². The fourth-order valence-corrected chi connectivity index (χ4v) is 2.30. The number of hydrogen-bond acceptors (Lipinski definition) is 2. The van der Waals surface area contributed by atoms with Crippen molar-refractivity contribution in [3.63, 3.8) is 0 Å². The largest absolute Gasteiger partial charge is 0.356 e. The molecule has 0 saturated carbocycles. The van der Waals surface area contributed by atoms with E-state index in [1.165, 1.54) is 11.1 Å². The van der Waals surface area contributed by atoms with E-state index in [9.17, 15) is 4.79 Å². The van der Waals surface area contributed by atoms with E-state index in [1.54, 1.807) is 0 Å². The van der Waals surface area contributed by atoms with Crippen LogP contribution in [0.3, 0.4) is 0 Å². The summed E-state index contributed by atoms with van der Waals surface area (Å²) in [6.07, 6.45) is 1.42. The van der Waals surface area contributed by atoms with Crippen molar-refractivity contribution in [3.05, 3.63) is 53.6 Å². The summed E-state index contributed by atoms with van der Waals surface area (Å²) in [4.78, 5) is 11.5. The van der Waals surface area contributed by atoms with Crippen LogP contribution < -0.4 is 10.6 Å². The lowest BCUT2D eigenvalue weighted by Gasteiger charge is -2.10. The number of nitrogens with one attached hydrogen (secondary N) is 2. The Balaban J connectivity index is 2.03. The molecular formula is C18H22N2O. The molecule has 110 valence electrons. The van der Waals surface area contributed by atoms with Crippen LogP contribution in [-0.2, 0) is 4.79 Å². The Labute approximate surface area is 126 Å². The zero-order chi connectivity index (χ0) is 15.2. The molecule has 0 heterocycles. The summed E-state index contributed by atoms with van der Waals surface area (Å²) in [6.45, 7) is 6.17. The maximum Gasteiger partial charge on any atom is 0.224 e. The van der Waals surface area contributed by atoms with Crippen molar-refractivity contribution in [1.29, 1.82) is 0 Å². The van der Waals surface area contributed by atoms with Crippen molar-refractivity contribution in [3.8, 4) is 0 Å². The third-order valence-corrected chi connectivity index (χ3v) is 3.16. The van der Waals surface area contributed by atoms with Crippen LogP contribution in [-0.4, -0.2) is 5.91 Å². The molecule has 0 spiro atoms. The highest BCUT2D eigenvalue weighted by atomic mass is 16.1. The van der Waals surface area contributed by atoms with Gasteiger partial charge in [0.05, 0.1) is 0 Å². The first kappa shape index (κ1) is 15.1. The zero-order valence-corrected chi connectivity index (χ0v) is 12.9. The van der Waals surface area contributed by atoms with Crippen molar-refractivity contribution in [2.24, 2.45) is 0 Å². The van der Waals surface area contributed by atoms with Gasteiger partial charge in [-0.1, -0.05) is 13.0 Å². The normalized spacial score (nSPS) is 10.2. The maximum absolute atomic E-state index is 11.5. The lowest BCUT2D eigenvalue weighted by atomic mass is 10.1. The predicted octanol–water partition coefficient (Wildman–Crippen LogP) is 4.79. The Hall–Kier alpha value is -2.29. The molecule has 2 N–H and O–H groups in total. The Morgan fingerprint density at radius 1 is 0.905 bits per heavy atom. The highest BCUT2D eigenvalue weighted by Gasteiger charge is 2.01. The molecule has 0 aliphatic carbocycles. The van der Waals surface area contributed by atoms with Gasteiger partial charge in [-0.2, -0.15) is 0 Å². The minimum absolute atomic E-state index is 0.0625. The van der Waals surface area contributed by atoms with Crippen LogP contribution >= 0.6 is 0 Å². The molecular weight excluding hydrogens is 260 g/mol. The Morgan fingerprint density at radius 2 is 1.48 bits per heavy atom. The number of rotatable bonds is 5. The van der Waals surface area contributed by atoms with Crippen LogP contribution in [0, 0.1) is 13.8 Å². The van der Waals surface area contributed by atoms with Crippen molar-refractivity contribution >= 4 is 23.0 Å². The number of hydrogen-bond donors (Lipinski definition) is 2. The summed E-state index contributed by atoms with van der Waals surface area (Å²) in [5.41, 5.74) is 5.39. The molecule has 0 saturated heterocycles. The second kappa shape index (κ2) is 6.93. The lowest BCUT2D eigenvalue weighted by Crippen LogP contribution is -2.10. The average Bonchev–Trinajstić information content (AvgIpc) is 2.40. The number of benzene rings is 2. The van der Waals surface area contributed by atoms with E-state index in [1.807, 2.05) is 31.2 Å². The average molecular weight is 282 g/mol. The maximum atomic E-state index is 11.5. The van der Waals surface area contributed by atoms with Crippen molar-refractivity contribution < 1.29 is 4.79 Å². The number of aryl methyl sites for hydroxylation is 2. The van der Waals surface area contributed by atoms with E-state index in [0.717, 1.165) is 23.5 Å². The molecule has 0 aliphatic heterocycles. The predicted molar refractivity (Wildman–Crippen MR) is 89.2 cm³/mol. The van der Waals surface area contributed by atoms with Crippen molar-refractivity contribution in [2.75, 3.05) is 10.6 Å². The molecule has 3 nitrogen and oxygen atoms in total. The van der Waals surface area contributed by atoms with E-state index < -0.39 is 0 Å². The van der Waals surface area contributed by atoms with Gasteiger partial charge in [0.2, 0.25) is 5.91 Å². The lowest BCUT2D eigenvalue weighted by molar-refractivity contribution is -0.116. The first-order valence-corrected chi connectivity index (χ1v) is 7.32. The monoisotopic (exact) mass is 282 g/mol. The zero-order valence-electron chi connectivity index (χ0n) is 12.9. The Kier molecular flexibility index (Phi) is 4.99. The standard InChI is InChI=1S/C18H22N2O/c1-4-5-18(21)20-16-8-6-15(7-9-16)19-17-11-13(2)10-14(3)12-17/h6-12,19H,4-5H2,1-3H3,(H,20,21). The highest BCUT2D eigenvalue weighted by Crippen LogP contribution is 2.21. The number of carbonyl (C=O) groups excluding carboxylic acids is 1. The second-order valence-electron chi connectivity index (χ2n) is 5.38. The minimum Gasteiger partial charge on any atom is -0.356 e. The van der Waals surface area contributed by atoms with Crippen molar-refractivity contribution in [2.45, 2.75) is 33.6 Å². The van der Waals surface area contributed by atoms with E-state index in [-0.39, 0.29) is 5.91 Å². The topological polar surface area (TPSA) is 41.1 Å². The third-order valence-electron chi connectivity index (χ3n) is 3.16. The minimum atomic E-state index is 0.0625. The molecule has 0 atom stereocenters. The first-order valence-electron chi connectivity index (χ1n) is 7.32. The Morgan fingerprint density at radius 3 is 2.05 bits per heavy atom. The fourth-order valence-electron chi connectivity index (χ4n) is 2.30. The first-order chi connectivity index (χ1) is 10.1. The number of amides is 1. The van der Waals surface area contributed by atoms with Gasteiger partial charge in [-0.05, 0) is 67.8 Å². The molecule has 0 radical (unpaired) electrons. The van der Waals surface area contributed by atoms with Gasteiger partial charge < -0.3 is 10.6 Å². The van der Waals surface area contributed by atoms with Gasteiger partial charge in [-0.3, -0.25) is 4.79 Å². The molecule has 21 heavy (non-hydrogen) atoms. The summed E-state index contributed by atoms with van der Waals surface area (Å²) in [5, 5.41) is 6.26. The molecule has 0 fully saturated rings. The second-order valence-corrected chi connectivity index (χ2v) is 5.38. The molecule has 1 amide bonds.